The Morgan fingerprint density at radius 1 is 0.953 bits per heavy atom. The van der Waals surface area contributed by atoms with Gasteiger partial charge in [0.15, 0.2) is 0 Å². The minimum Gasteiger partial charge on any atom is -0.492 e. The zero-order valence-corrected chi connectivity index (χ0v) is 25.1. The highest BCUT2D eigenvalue weighted by atomic mass is 32.2. The molecule has 0 saturated carbocycles. The van der Waals surface area contributed by atoms with Crippen LogP contribution in [0.1, 0.15) is 17.2 Å². The Labute approximate surface area is 252 Å². The zero-order valence-electron chi connectivity index (χ0n) is 24.3. The van der Waals surface area contributed by atoms with Crippen LogP contribution in [0.2, 0.25) is 0 Å². The third kappa shape index (κ3) is 6.18. The third-order valence-corrected chi connectivity index (χ3v) is 9.62. The van der Waals surface area contributed by atoms with Crippen molar-refractivity contribution in [1.82, 2.24) is 14.2 Å². The first-order chi connectivity index (χ1) is 20.8. The van der Waals surface area contributed by atoms with E-state index in [0.717, 1.165) is 27.7 Å². The summed E-state index contributed by atoms with van der Waals surface area (Å²) in [5, 5.41) is 13.7. The summed E-state index contributed by atoms with van der Waals surface area (Å²) in [5.41, 5.74) is 4.29. The van der Waals surface area contributed by atoms with Gasteiger partial charge in [-0.25, -0.2) is 0 Å². The van der Waals surface area contributed by atoms with Crippen LogP contribution in [0.15, 0.2) is 91.0 Å². The topological polar surface area (TPSA) is 98.3 Å². The number of anilines is 1. The molecule has 0 bridgehead atoms. The van der Waals surface area contributed by atoms with Gasteiger partial charge in [0.2, 0.25) is 0 Å². The molecule has 2 N–H and O–H groups in total. The summed E-state index contributed by atoms with van der Waals surface area (Å²) >= 11 is 0. The number of para-hydroxylation sites is 1. The van der Waals surface area contributed by atoms with Gasteiger partial charge in [0.1, 0.15) is 24.7 Å². The average Bonchev–Trinajstić information content (AvgIpc) is 3.38. The normalized spacial score (nSPS) is 14.3. The van der Waals surface area contributed by atoms with Crippen molar-refractivity contribution < 1.29 is 23.0 Å². The van der Waals surface area contributed by atoms with Crippen LogP contribution in [0.4, 0.5) is 5.69 Å². The second-order valence-electron chi connectivity index (χ2n) is 10.9. The highest BCUT2D eigenvalue weighted by molar-refractivity contribution is 7.90. The fourth-order valence-electron chi connectivity index (χ4n) is 5.50. The Morgan fingerprint density at radius 3 is 2.53 bits per heavy atom. The van der Waals surface area contributed by atoms with E-state index in [4.69, 9.17) is 9.47 Å². The molecular formula is C33H36N4O5S. The lowest BCUT2D eigenvalue weighted by molar-refractivity contribution is 0.0986. The highest BCUT2D eigenvalue weighted by Crippen LogP contribution is 2.36. The number of hydrogen-bond donors (Lipinski definition) is 2. The number of aliphatic hydroxyl groups is 1. The molecule has 10 heteroatoms. The maximum absolute atomic E-state index is 13.0. The number of benzene rings is 4. The molecule has 1 aromatic heterocycles. The first-order valence-electron chi connectivity index (χ1n) is 14.3. The van der Waals surface area contributed by atoms with Gasteiger partial charge >= 0.3 is 10.2 Å². The van der Waals surface area contributed by atoms with E-state index >= 15 is 0 Å². The second kappa shape index (κ2) is 12.3. The molecule has 0 unspecified atom stereocenters. The van der Waals surface area contributed by atoms with Crippen molar-refractivity contribution in [3.63, 3.8) is 0 Å². The van der Waals surface area contributed by atoms with Crippen molar-refractivity contribution in [3.8, 4) is 11.5 Å². The number of aromatic nitrogens is 1. The van der Waals surface area contributed by atoms with Gasteiger partial charge in [-0.2, -0.15) is 12.7 Å². The van der Waals surface area contributed by atoms with Crippen LogP contribution in [0.3, 0.4) is 0 Å². The molecule has 0 amide bonds. The number of aromatic amines is 1. The summed E-state index contributed by atoms with van der Waals surface area (Å²) in [6.45, 7) is 2.43. The van der Waals surface area contributed by atoms with Crippen LogP contribution >= 0.6 is 0 Å². The monoisotopic (exact) mass is 600 g/mol. The molecule has 0 fully saturated rings. The van der Waals surface area contributed by atoms with Gasteiger partial charge in [0.25, 0.3) is 0 Å². The smallest absolute Gasteiger partial charge is 0.303 e. The molecular weight excluding hydrogens is 564 g/mol. The predicted octanol–water partition coefficient (Wildman–Crippen LogP) is 4.94. The molecule has 4 aromatic carbocycles. The van der Waals surface area contributed by atoms with Crippen LogP contribution in [0.5, 0.6) is 11.5 Å². The summed E-state index contributed by atoms with van der Waals surface area (Å²) < 4.78 is 40.4. The molecule has 224 valence electrons. The van der Waals surface area contributed by atoms with Gasteiger partial charge < -0.3 is 19.6 Å². The lowest BCUT2D eigenvalue weighted by atomic mass is 10.1. The highest BCUT2D eigenvalue weighted by Gasteiger charge is 2.31. The van der Waals surface area contributed by atoms with Crippen molar-refractivity contribution >= 4 is 37.7 Å². The molecule has 6 rings (SSSR count). The number of nitrogens with zero attached hydrogens (tertiary/aromatic N) is 3. The van der Waals surface area contributed by atoms with Gasteiger partial charge in [0, 0.05) is 56.1 Å². The molecule has 0 radical (unpaired) electrons. The van der Waals surface area contributed by atoms with Crippen molar-refractivity contribution in [2.75, 3.05) is 51.2 Å². The lowest BCUT2D eigenvalue weighted by Gasteiger charge is -2.33. The summed E-state index contributed by atoms with van der Waals surface area (Å²) in [7, 11) is -0.694. The number of rotatable bonds is 11. The van der Waals surface area contributed by atoms with Gasteiger partial charge in [-0.1, -0.05) is 54.6 Å². The number of hydrogen-bond acceptors (Lipinski definition) is 6. The van der Waals surface area contributed by atoms with Crippen LogP contribution in [0, 0.1) is 0 Å². The van der Waals surface area contributed by atoms with E-state index in [9.17, 15) is 13.5 Å². The van der Waals surface area contributed by atoms with Crippen molar-refractivity contribution in [1.29, 1.82) is 0 Å². The van der Waals surface area contributed by atoms with E-state index < -0.39 is 16.3 Å². The standard InChI is InChI=1S/C33H36N4O5S/c1-35(2)43(39,40)37-17-19-42-33-15-12-25(20-31(33)37)32(38)23-36(22-24-8-4-3-5-9-24)16-18-41-26-13-14-28-27-10-6-7-11-29(27)34-30(28)21-26/h3-15,20-21,32,34,38H,16-19,22-23H2,1-2H3/t32-/m0/s1. The number of nitrogens with one attached hydrogen (secondary N) is 1. The zero-order chi connectivity index (χ0) is 30.0. The summed E-state index contributed by atoms with van der Waals surface area (Å²) in [5.74, 6) is 1.25. The van der Waals surface area contributed by atoms with Crippen molar-refractivity contribution in [2.45, 2.75) is 12.6 Å². The third-order valence-electron chi connectivity index (χ3n) is 7.76. The quantitative estimate of drug-likeness (QED) is 0.223. The maximum Gasteiger partial charge on any atom is 0.303 e. The van der Waals surface area contributed by atoms with Gasteiger partial charge in [0.05, 0.1) is 23.9 Å². The molecule has 2 heterocycles. The number of ether oxygens (including phenoxy) is 2. The van der Waals surface area contributed by atoms with Crippen LogP contribution in [-0.4, -0.2) is 74.7 Å². The van der Waals surface area contributed by atoms with Crippen molar-refractivity contribution in [3.05, 3.63) is 102 Å². The SMILES string of the molecule is CN(C)S(=O)(=O)N1CCOc2ccc([C@@H](O)CN(CCOc3ccc4c(c3)[nH]c3ccccc34)Cc3ccccc3)cc21. The molecule has 9 nitrogen and oxygen atoms in total. The number of H-pyrrole nitrogens is 1. The molecule has 1 atom stereocenters. The largest absolute Gasteiger partial charge is 0.492 e. The van der Waals surface area contributed by atoms with Crippen molar-refractivity contribution in [2.24, 2.45) is 0 Å². The van der Waals surface area contributed by atoms with E-state index in [-0.39, 0.29) is 13.2 Å². The van der Waals surface area contributed by atoms with Gasteiger partial charge in [-0.05, 0) is 41.5 Å². The summed E-state index contributed by atoms with van der Waals surface area (Å²) in [6, 6.07) is 29.7. The molecule has 1 aliphatic rings. The summed E-state index contributed by atoms with van der Waals surface area (Å²) in [4.78, 5) is 5.60. The van der Waals surface area contributed by atoms with Gasteiger partial charge in [-0.3, -0.25) is 9.21 Å². The predicted molar refractivity (Wildman–Crippen MR) is 170 cm³/mol. The minimum absolute atomic E-state index is 0.203. The Morgan fingerprint density at radius 2 is 1.72 bits per heavy atom. The van der Waals surface area contributed by atoms with Crippen LogP contribution in [0.25, 0.3) is 21.8 Å². The molecule has 5 aromatic rings. The Hall–Kier alpha value is -4.09. The fraction of sp³-hybridized carbons (Fsp3) is 0.273. The maximum atomic E-state index is 13.0. The van der Waals surface area contributed by atoms with E-state index in [2.05, 4.69) is 40.2 Å². The molecule has 0 aliphatic carbocycles. The van der Waals surface area contributed by atoms with Gasteiger partial charge in [-0.15, -0.1) is 0 Å². The van der Waals surface area contributed by atoms with E-state index in [1.807, 2.05) is 42.5 Å². The van der Waals surface area contributed by atoms with E-state index in [1.165, 1.54) is 28.1 Å². The number of fused-ring (bicyclic) bond motifs is 4. The molecule has 0 saturated heterocycles. The Kier molecular flexibility index (Phi) is 8.27. The van der Waals surface area contributed by atoms with Crippen LogP contribution < -0.4 is 13.8 Å². The lowest BCUT2D eigenvalue weighted by Crippen LogP contribution is -2.44. The first kappa shape index (κ1) is 29.0. The Bertz CT molecular complexity index is 1820. The molecule has 43 heavy (non-hydrogen) atoms. The fourth-order valence-corrected chi connectivity index (χ4v) is 6.59. The van der Waals surface area contributed by atoms with E-state index in [0.29, 0.717) is 43.2 Å². The summed E-state index contributed by atoms with van der Waals surface area (Å²) in [6.07, 6.45) is -0.859. The molecule has 1 aliphatic heterocycles. The minimum atomic E-state index is -3.70. The Balaban J connectivity index is 1.18. The van der Waals surface area contributed by atoms with Crippen LogP contribution in [-0.2, 0) is 16.8 Å². The first-order valence-corrected chi connectivity index (χ1v) is 15.7. The molecule has 0 spiro atoms. The number of aliphatic hydroxyl groups excluding tert-OH is 1. The van der Waals surface area contributed by atoms with E-state index in [1.54, 1.807) is 18.2 Å². The second-order valence-corrected chi connectivity index (χ2v) is 13.0. The average molecular weight is 601 g/mol.